The van der Waals surface area contributed by atoms with E-state index in [1.54, 1.807) is 0 Å². The van der Waals surface area contributed by atoms with E-state index in [1.807, 2.05) is 18.0 Å². The summed E-state index contributed by atoms with van der Waals surface area (Å²) < 4.78 is 1.05. The number of halogens is 1. The highest BCUT2D eigenvalue weighted by Crippen LogP contribution is 2.24. The first-order chi connectivity index (χ1) is 9.74. The summed E-state index contributed by atoms with van der Waals surface area (Å²) >= 11 is 4.10. The molecule has 0 atom stereocenters. The third kappa shape index (κ3) is 4.09. The van der Waals surface area contributed by atoms with E-state index in [2.05, 4.69) is 76.0 Å². The molecule has 0 saturated heterocycles. The van der Waals surface area contributed by atoms with Gasteiger partial charge in [-0.15, -0.1) is 11.8 Å². The van der Waals surface area contributed by atoms with Gasteiger partial charge < -0.3 is 5.32 Å². The van der Waals surface area contributed by atoms with Crippen molar-refractivity contribution < 1.29 is 0 Å². The first-order valence-corrected chi connectivity index (χ1v) is 8.80. The lowest BCUT2D eigenvalue weighted by Crippen LogP contribution is -2.05. The Labute approximate surface area is 138 Å². The largest absolute Gasteiger partial charge is 0.369 e. The summed E-state index contributed by atoms with van der Waals surface area (Å²) in [5.41, 5.74) is 1.06. The van der Waals surface area contributed by atoms with Crippen molar-refractivity contribution in [1.82, 2.24) is 9.97 Å². The van der Waals surface area contributed by atoms with Crippen LogP contribution < -0.4 is 5.32 Å². The van der Waals surface area contributed by atoms with Crippen LogP contribution in [-0.2, 0) is 0 Å². The van der Waals surface area contributed by atoms with Crippen LogP contribution in [0, 0.1) is 3.57 Å². The van der Waals surface area contributed by atoms with Crippen molar-refractivity contribution in [3.63, 3.8) is 0 Å². The number of nitrogens with one attached hydrogen (secondary N) is 1. The molecule has 0 spiro atoms. The number of thioether (sulfide) groups is 1. The van der Waals surface area contributed by atoms with Crippen LogP contribution in [0.3, 0.4) is 0 Å². The molecule has 0 bridgehead atoms. The molecule has 2 aromatic rings. The van der Waals surface area contributed by atoms with E-state index in [9.17, 15) is 0 Å². The SMILES string of the molecule is CCCNc1nc(-c2ccc(SCC)cc2)ncc1I. The monoisotopic (exact) mass is 399 g/mol. The minimum atomic E-state index is 0.775. The van der Waals surface area contributed by atoms with Gasteiger partial charge in [0.05, 0.1) is 3.57 Å². The van der Waals surface area contributed by atoms with Crippen LogP contribution in [-0.4, -0.2) is 22.3 Å². The van der Waals surface area contributed by atoms with E-state index in [0.29, 0.717) is 0 Å². The van der Waals surface area contributed by atoms with E-state index in [-0.39, 0.29) is 0 Å². The van der Waals surface area contributed by atoms with E-state index in [1.165, 1.54) is 4.90 Å². The lowest BCUT2D eigenvalue weighted by Gasteiger charge is -2.08. The summed E-state index contributed by atoms with van der Waals surface area (Å²) in [6, 6.07) is 8.43. The van der Waals surface area contributed by atoms with Gasteiger partial charge in [-0.3, -0.25) is 0 Å². The molecule has 106 valence electrons. The van der Waals surface area contributed by atoms with Crippen molar-refractivity contribution in [2.24, 2.45) is 0 Å². The summed E-state index contributed by atoms with van der Waals surface area (Å²) in [6.07, 6.45) is 2.95. The van der Waals surface area contributed by atoms with Gasteiger partial charge in [-0.2, -0.15) is 0 Å². The third-order valence-corrected chi connectivity index (χ3v) is 4.39. The number of nitrogens with zero attached hydrogens (tertiary/aromatic N) is 2. The fraction of sp³-hybridized carbons (Fsp3) is 0.333. The van der Waals surface area contributed by atoms with Crippen molar-refractivity contribution in [1.29, 1.82) is 0 Å². The molecule has 5 heteroatoms. The Morgan fingerprint density at radius 2 is 1.95 bits per heavy atom. The molecular weight excluding hydrogens is 381 g/mol. The van der Waals surface area contributed by atoms with Crippen LogP contribution >= 0.6 is 34.4 Å². The van der Waals surface area contributed by atoms with Gasteiger partial charge in [0.25, 0.3) is 0 Å². The average Bonchev–Trinajstić information content (AvgIpc) is 2.48. The predicted molar refractivity (Wildman–Crippen MR) is 95.4 cm³/mol. The van der Waals surface area contributed by atoms with E-state index in [4.69, 9.17) is 0 Å². The molecule has 0 saturated carbocycles. The summed E-state index contributed by atoms with van der Waals surface area (Å²) in [4.78, 5) is 10.3. The normalized spacial score (nSPS) is 10.6. The Morgan fingerprint density at radius 1 is 1.20 bits per heavy atom. The first kappa shape index (κ1) is 15.6. The van der Waals surface area contributed by atoms with Gasteiger partial charge >= 0.3 is 0 Å². The van der Waals surface area contributed by atoms with Crippen LogP contribution in [0.4, 0.5) is 5.82 Å². The number of hydrogen-bond donors (Lipinski definition) is 1. The van der Waals surface area contributed by atoms with Crippen LogP contribution in [0.1, 0.15) is 20.3 Å². The minimum Gasteiger partial charge on any atom is -0.369 e. The molecule has 0 aliphatic carbocycles. The lowest BCUT2D eigenvalue weighted by molar-refractivity contribution is 0.963. The summed E-state index contributed by atoms with van der Waals surface area (Å²) in [6.45, 7) is 5.23. The van der Waals surface area contributed by atoms with Gasteiger partial charge in [0.15, 0.2) is 5.82 Å². The second-order valence-corrected chi connectivity index (χ2v) is 6.77. The summed E-state index contributed by atoms with van der Waals surface area (Å²) in [5, 5.41) is 3.34. The van der Waals surface area contributed by atoms with Gasteiger partial charge in [-0.05, 0) is 46.9 Å². The van der Waals surface area contributed by atoms with Crippen molar-refractivity contribution in [3.8, 4) is 11.4 Å². The molecule has 0 unspecified atom stereocenters. The average molecular weight is 399 g/mol. The fourth-order valence-electron chi connectivity index (χ4n) is 1.74. The number of hydrogen-bond acceptors (Lipinski definition) is 4. The topological polar surface area (TPSA) is 37.8 Å². The van der Waals surface area contributed by atoms with Crippen molar-refractivity contribution in [2.75, 3.05) is 17.6 Å². The van der Waals surface area contributed by atoms with Crippen LogP contribution in [0.2, 0.25) is 0 Å². The zero-order valence-electron chi connectivity index (χ0n) is 11.7. The third-order valence-electron chi connectivity index (χ3n) is 2.71. The highest BCUT2D eigenvalue weighted by molar-refractivity contribution is 14.1. The molecule has 3 nitrogen and oxygen atoms in total. The van der Waals surface area contributed by atoms with E-state index in [0.717, 1.165) is 39.5 Å². The van der Waals surface area contributed by atoms with Gasteiger partial charge in [0.1, 0.15) is 5.82 Å². The van der Waals surface area contributed by atoms with Gasteiger partial charge in [0.2, 0.25) is 0 Å². The predicted octanol–water partition coefficient (Wildman–Crippen LogP) is 4.68. The van der Waals surface area contributed by atoms with E-state index >= 15 is 0 Å². The molecule has 20 heavy (non-hydrogen) atoms. The Hall–Kier alpha value is -0.820. The molecule has 1 aromatic heterocycles. The molecule has 0 radical (unpaired) electrons. The Kier molecular flexibility index (Phi) is 6.09. The maximum atomic E-state index is 4.62. The maximum Gasteiger partial charge on any atom is 0.161 e. The molecule has 2 rings (SSSR count). The standard InChI is InChI=1S/C15H18IN3S/c1-3-9-17-15-13(16)10-18-14(19-15)11-5-7-12(8-6-11)20-4-2/h5-8,10H,3-4,9H2,1-2H3,(H,17,18,19). The number of anilines is 1. The molecule has 0 fully saturated rings. The molecule has 0 aliphatic rings. The van der Waals surface area contributed by atoms with Crippen LogP contribution in [0.25, 0.3) is 11.4 Å². The van der Waals surface area contributed by atoms with Crippen molar-refractivity contribution in [2.45, 2.75) is 25.2 Å². The van der Waals surface area contributed by atoms with Gasteiger partial charge in [-0.1, -0.05) is 26.0 Å². The zero-order valence-corrected chi connectivity index (χ0v) is 14.7. The van der Waals surface area contributed by atoms with Crippen LogP contribution in [0.5, 0.6) is 0 Å². The molecule has 1 N–H and O–H groups in total. The highest BCUT2D eigenvalue weighted by atomic mass is 127. The smallest absolute Gasteiger partial charge is 0.161 e. The second-order valence-electron chi connectivity index (χ2n) is 4.27. The Bertz CT molecular complexity index is 558. The number of aromatic nitrogens is 2. The van der Waals surface area contributed by atoms with Crippen LogP contribution in [0.15, 0.2) is 35.4 Å². The quantitative estimate of drug-likeness (QED) is 0.565. The number of rotatable bonds is 6. The van der Waals surface area contributed by atoms with Gasteiger partial charge in [0, 0.05) is 23.2 Å². The van der Waals surface area contributed by atoms with Gasteiger partial charge in [-0.25, -0.2) is 9.97 Å². The lowest BCUT2D eigenvalue weighted by atomic mass is 10.2. The molecule has 1 heterocycles. The summed E-state index contributed by atoms with van der Waals surface area (Å²) in [7, 11) is 0. The first-order valence-electron chi connectivity index (χ1n) is 6.74. The Morgan fingerprint density at radius 3 is 2.60 bits per heavy atom. The highest BCUT2D eigenvalue weighted by Gasteiger charge is 2.06. The van der Waals surface area contributed by atoms with Crippen molar-refractivity contribution in [3.05, 3.63) is 34.0 Å². The zero-order chi connectivity index (χ0) is 14.4. The Balaban J connectivity index is 2.23. The molecule has 0 amide bonds. The maximum absolute atomic E-state index is 4.62. The number of benzene rings is 1. The van der Waals surface area contributed by atoms with Crippen molar-refractivity contribution >= 4 is 40.2 Å². The minimum absolute atomic E-state index is 0.775. The second kappa shape index (κ2) is 7.83. The molecule has 0 aliphatic heterocycles. The molecular formula is C15H18IN3S. The molecule has 1 aromatic carbocycles. The fourth-order valence-corrected chi connectivity index (χ4v) is 2.85. The van der Waals surface area contributed by atoms with E-state index < -0.39 is 0 Å². The summed E-state index contributed by atoms with van der Waals surface area (Å²) in [5.74, 6) is 2.78.